The van der Waals surface area contributed by atoms with Crippen LogP contribution in [0, 0.1) is 6.92 Å². The molecule has 16 heavy (non-hydrogen) atoms. The molecule has 1 aliphatic heterocycles. The highest BCUT2D eigenvalue weighted by Crippen LogP contribution is 2.06. The van der Waals surface area contributed by atoms with Crippen molar-refractivity contribution in [2.75, 3.05) is 33.3 Å². The number of morpholine rings is 1. The van der Waals surface area contributed by atoms with E-state index in [1.165, 1.54) is 0 Å². The van der Waals surface area contributed by atoms with E-state index >= 15 is 0 Å². The maximum Gasteiger partial charge on any atom is 0.122 e. The Bertz CT molecular complexity index is 322. The summed E-state index contributed by atoms with van der Waals surface area (Å²) in [5.74, 6) is 0. The Hall–Kier alpha value is -0.980. The zero-order chi connectivity index (χ0) is 11.4. The van der Waals surface area contributed by atoms with Gasteiger partial charge >= 0.3 is 0 Å². The highest BCUT2D eigenvalue weighted by atomic mass is 16.6. The Balaban J connectivity index is 1.79. The van der Waals surface area contributed by atoms with Crippen molar-refractivity contribution < 1.29 is 9.37 Å². The summed E-state index contributed by atoms with van der Waals surface area (Å²) in [5.41, 5.74) is 1.75. The highest BCUT2D eigenvalue weighted by molar-refractivity contribution is 5.03. The first-order valence-corrected chi connectivity index (χ1v) is 5.54. The lowest BCUT2D eigenvalue weighted by Gasteiger charge is -2.27. The van der Waals surface area contributed by atoms with Gasteiger partial charge in [-0.15, -0.1) is 0 Å². The summed E-state index contributed by atoms with van der Waals surface area (Å²) in [4.78, 5) is 2.17. The lowest BCUT2D eigenvalue weighted by atomic mass is 10.2. The van der Waals surface area contributed by atoms with E-state index in [2.05, 4.69) is 25.2 Å². The van der Waals surface area contributed by atoms with Gasteiger partial charge in [-0.2, -0.15) is 0 Å². The SMILES string of the molecule is Cc1nonc1CN(C)CC1CNCCO1. The van der Waals surface area contributed by atoms with Crippen molar-refractivity contribution in [2.24, 2.45) is 0 Å². The number of nitrogens with zero attached hydrogens (tertiary/aromatic N) is 3. The first kappa shape index (κ1) is 11.5. The summed E-state index contributed by atoms with van der Waals surface area (Å²) >= 11 is 0. The fourth-order valence-electron chi connectivity index (χ4n) is 1.80. The van der Waals surface area contributed by atoms with Crippen LogP contribution in [0.2, 0.25) is 0 Å². The fraction of sp³-hybridized carbons (Fsp3) is 0.800. The average Bonchev–Trinajstić information content (AvgIpc) is 2.66. The summed E-state index contributed by atoms with van der Waals surface area (Å²) in [6, 6.07) is 0. The molecule has 0 aliphatic carbocycles. The van der Waals surface area contributed by atoms with Gasteiger partial charge in [0.25, 0.3) is 0 Å². The maximum absolute atomic E-state index is 5.63. The van der Waals surface area contributed by atoms with Gasteiger partial charge in [0.1, 0.15) is 11.4 Å². The first-order chi connectivity index (χ1) is 7.75. The van der Waals surface area contributed by atoms with Crippen LogP contribution in [-0.4, -0.2) is 54.6 Å². The number of nitrogens with one attached hydrogen (secondary N) is 1. The van der Waals surface area contributed by atoms with E-state index in [1.54, 1.807) is 0 Å². The molecule has 1 N–H and O–H groups in total. The largest absolute Gasteiger partial charge is 0.374 e. The van der Waals surface area contributed by atoms with Crippen molar-refractivity contribution >= 4 is 0 Å². The molecular weight excluding hydrogens is 208 g/mol. The summed E-state index contributed by atoms with van der Waals surface area (Å²) in [6.07, 6.45) is 0.263. The Labute approximate surface area is 94.9 Å². The summed E-state index contributed by atoms with van der Waals surface area (Å²) in [5, 5.41) is 10.9. The minimum Gasteiger partial charge on any atom is -0.374 e. The van der Waals surface area contributed by atoms with Crippen LogP contribution in [0.25, 0.3) is 0 Å². The van der Waals surface area contributed by atoms with Crippen LogP contribution >= 0.6 is 0 Å². The van der Waals surface area contributed by atoms with Crippen LogP contribution in [0.1, 0.15) is 11.4 Å². The van der Waals surface area contributed by atoms with E-state index in [0.717, 1.165) is 44.2 Å². The number of likely N-dealkylation sites (N-methyl/N-ethyl adjacent to an activating group) is 1. The van der Waals surface area contributed by atoms with E-state index in [9.17, 15) is 0 Å². The molecule has 2 rings (SSSR count). The molecule has 6 nitrogen and oxygen atoms in total. The van der Waals surface area contributed by atoms with Crippen LogP contribution in [0.3, 0.4) is 0 Å². The molecular formula is C10H18N4O2. The van der Waals surface area contributed by atoms with Gasteiger partial charge < -0.3 is 10.1 Å². The van der Waals surface area contributed by atoms with Gasteiger partial charge in [0.05, 0.1) is 12.7 Å². The molecule has 1 unspecified atom stereocenters. The lowest BCUT2D eigenvalue weighted by Crippen LogP contribution is -2.44. The summed E-state index contributed by atoms with van der Waals surface area (Å²) < 4.78 is 10.3. The first-order valence-electron chi connectivity index (χ1n) is 5.54. The number of ether oxygens (including phenoxy) is 1. The topological polar surface area (TPSA) is 63.4 Å². The zero-order valence-electron chi connectivity index (χ0n) is 9.77. The number of aromatic nitrogens is 2. The Morgan fingerprint density at radius 3 is 3.00 bits per heavy atom. The monoisotopic (exact) mass is 226 g/mol. The molecule has 1 fully saturated rings. The Morgan fingerprint density at radius 2 is 2.38 bits per heavy atom. The molecule has 1 aliphatic rings. The van der Waals surface area contributed by atoms with Gasteiger partial charge in [-0.3, -0.25) is 4.90 Å². The van der Waals surface area contributed by atoms with E-state index in [0.29, 0.717) is 0 Å². The smallest absolute Gasteiger partial charge is 0.122 e. The molecule has 1 aromatic rings. The normalized spacial score (nSPS) is 21.6. The van der Waals surface area contributed by atoms with Gasteiger partial charge in [0.15, 0.2) is 0 Å². The van der Waals surface area contributed by atoms with Crippen LogP contribution in [0.5, 0.6) is 0 Å². The summed E-state index contributed by atoms with van der Waals surface area (Å²) in [7, 11) is 2.05. The van der Waals surface area contributed by atoms with Gasteiger partial charge in [-0.1, -0.05) is 10.3 Å². The second-order valence-corrected chi connectivity index (χ2v) is 4.19. The third-order valence-electron chi connectivity index (χ3n) is 2.69. The molecule has 0 aromatic carbocycles. The Kier molecular flexibility index (Phi) is 3.87. The summed E-state index contributed by atoms with van der Waals surface area (Å²) in [6.45, 7) is 6.20. The van der Waals surface area contributed by atoms with Crippen LogP contribution < -0.4 is 5.32 Å². The van der Waals surface area contributed by atoms with Gasteiger partial charge in [0.2, 0.25) is 0 Å². The van der Waals surface area contributed by atoms with Crippen LogP contribution in [-0.2, 0) is 11.3 Å². The van der Waals surface area contributed by atoms with E-state index in [4.69, 9.17) is 4.74 Å². The Morgan fingerprint density at radius 1 is 1.50 bits per heavy atom. The van der Waals surface area contributed by atoms with Gasteiger partial charge in [-0.25, -0.2) is 4.63 Å². The second-order valence-electron chi connectivity index (χ2n) is 4.19. The molecule has 0 spiro atoms. The number of rotatable bonds is 4. The fourth-order valence-corrected chi connectivity index (χ4v) is 1.80. The predicted molar refractivity (Wildman–Crippen MR) is 58.0 cm³/mol. The third kappa shape index (κ3) is 3.01. The van der Waals surface area contributed by atoms with Crippen molar-refractivity contribution in [2.45, 2.75) is 19.6 Å². The van der Waals surface area contributed by atoms with Crippen molar-refractivity contribution in [3.05, 3.63) is 11.4 Å². The van der Waals surface area contributed by atoms with Crippen molar-refractivity contribution in [1.29, 1.82) is 0 Å². The average molecular weight is 226 g/mol. The van der Waals surface area contributed by atoms with Gasteiger partial charge in [-0.05, 0) is 14.0 Å². The number of hydrogen-bond acceptors (Lipinski definition) is 6. The van der Waals surface area contributed by atoms with E-state index in [1.807, 2.05) is 14.0 Å². The maximum atomic E-state index is 5.63. The zero-order valence-corrected chi connectivity index (χ0v) is 9.77. The molecule has 1 saturated heterocycles. The quantitative estimate of drug-likeness (QED) is 0.767. The minimum atomic E-state index is 0.263. The van der Waals surface area contributed by atoms with Gasteiger partial charge in [0, 0.05) is 26.2 Å². The van der Waals surface area contributed by atoms with E-state index in [-0.39, 0.29) is 6.10 Å². The van der Waals surface area contributed by atoms with Crippen LogP contribution in [0.15, 0.2) is 4.63 Å². The molecule has 1 atom stereocenters. The van der Waals surface area contributed by atoms with E-state index < -0.39 is 0 Å². The number of hydrogen-bond donors (Lipinski definition) is 1. The second kappa shape index (κ2) is 5.38. The molecule has 0 amide bonds. The molecule has 0 bridgehead atoms. The lowest BCUT2D eigenvalue weighted by molar-refractivity contribution is 0.00852. The van der Waals surface area contributed by atoms with Crippen LogP contribution in [0.4, 0.5) is 0 Å². The van der Waals surface area contributed by atoms with Crippen molar-refractivity contribution in [3.8, 4) is 0 Å². The molecule has 0 saturated carbocycles. The standard InChI is InChI=1S/C10H18N4O2/c1-8-10(13-16-12-8)7-14(2)6-9-5-11-3-4-15-9/h9,11H,3-7H2,1-2H3. The predicted octanol–water partition coefficient (Wildman–Crippen LogP) is -0.202. The minimum absolute atomic E-state index is 0.263. The molecule has 2 heterocycles. The molecule has 0 radical (unpaired) electrons. The van der Waals surface area contributed by atoms with Crippen molar-refractivity contribution in [1.82, 2.24) is 20.5 Å². The van der Waals surface area contributed by atoms with Crippen molar-refractivity contribution in [3.63, 3.8) is 0 Å². The molecule has 1 aromatic heterocycles. The third-order valence-corrected chi connectivity index (χ3v) is 2.69. The molecule has 90 valence electrons. The molecule has 6 heteroatoms. The number of aryl methyl sites for hydroxylation is 1. The highest BCUT2D eigenvalue weighted by Gasteiger charge is 2.17.